The molecule has 0 amide bonds. The molecule has 0 fully saturated rings. The highest BCUT2D eigenvalue weighted by atomic mass is 32.2. The number of halogens is 4. The van der Waals surface area contributed by atoms with E-state index in [1.54, 1.807) is 6.92 Å². The van der Waals surface area contributed by atoms with Crippen molar-refractivity contribution in [2.75, 3.05) is 13.1 Å². The Hall–Kier alpha value is -1.19. The molecule has 0 aromatic heterocycles. The van der Waals surface area contributed by atoms with Gasteiger partial charge in [-0.1, -0.05) is 6.92 Å². The molecule has 0 spiro atoms. The summed E-state index contributed by atoms with van der Waals surface area (Å²) in [6, 6.07) is 2.52. The van der Waals surface area contributed by atoms with Crippen molar-refractivity contribution < 1.29 is 31.1 Å². The van der Waals surface area contributed by atoms with Crippen molar-refractivity contribution in [2.24, 2.45) is 0 Å². The van der Waals surface area contributed by atoms with Crippen LogP contribution in [-0.2, 0) is 16.6 Å². The SMILES string of the molecule is CCCN(CC(F)(F)F)S(=O)(=O)c1ccc(F)c(CO)c1. The predicted molar refractivity (Wildman–Crippen MR) is 67.4 cm³/mol. The number of aliphatic hydroxyl groups is 1. The summed E-state index contributed by atoms with van der Waals surface area (Å²) in [6.07, 6.45) is -4.48. The zero-order valence-electron chi connectivity index (χ0n) is 11.2. The Labute approximate surface area is 120 Å². The van der Waals surface area contributed by atoms with Crippen LogP contribution in [0.15, 0.2) is 23.1 Å². The van der Waals surface area contributed by atoms with Crippen LogP contribution in [-0.4, -0.2) is 37.1 Å². The third-order valence-electron chi connectivity index (χ3n) is 2.65. The topological polar surface area (TPSA) is 57.6 Å². The molecule has 0 aliphatic rings. The van der Waals surface area contributed by atoms with Crippen LogP contribution in [0.3, 0.4) is 0 Å². The first-order valence-electron chi connectivity index (χ1n) is 6.08. The van der Waals surface area contributed by atoms with Crippen molar-refractivity contribution in [1.29, 1.82) is 0 Å². The fourth-order valence-electron chi connectivity index (χ4n) is 1.72. The van der Waals surface area contributed by atoms with Crippen LogP contribution in [0.2, 0.25) is 0 Å². The second kappa shape index (κ2) is 6.71. The first-order valence-corrected chi connectivity index (χ1v) is 7.52. The Morgan fingerprint density at radius 3 is 2.38 bits per heavy atom. The Bertz CT molecular complexity index is 587. The number of hydrogen-bond acceptors (Lipinski definition) is 3. The lowest BCUT2D eigenvalue weighted by Crippen LogP contribution is -2.39. The molecule has 0 heterocycles. The lowest BCUT2D eigenvalue weighted by molar-refractivity contribution is -0.136. The van der Waals surface area contributed by atoms with Gasteiger partial charge in [0.2, 0.25) is 10.0 Å². The van der Waals surface area contributed by atoms with Crippen LogP contribution in [0.5, 0.6) is 0 Å². The Kier molecular flexibility index (Phi) is 5.71. The highest BCUT2D eigenvalue weighted by Crippen LogP contribution is 2.24. The highest BCUT2D eigenvalue weighted by molar-refractivity contribution is 7.89. The van der Waals surface area contributed by atoms with Crippen molar-refractivity contribution in [3.63, 3.8) is 0 Å². The second-order valence-corrected chi connectivity index (χ2v) is 6.30. The van der Waals surface area contributed by atoms with Crippen LogP contribution in [0.1, 0.15) is 18.9 Å². The summed E-state index contributed by atoms with van der Waals surface area (Å²) in [5, 5.41) is 8.91. The number of rotatable bonds is 6. The van der Waals surface area contributed by atoms with Gasteiger partial charge in [-0.25, -0.2) is 12.8 Å². The summed E-state index contributed by atoms with van der Waals surface area (Å²) < 4.78 is 75.4. The van der Waals surface area contributed by atoms with Crippen molar-refractivity contribution in [2.45, 2.75) is 31.0 Å². The number of aliphatic hydroxyl groups excluding tert-OH is 1. The third-order valence-corrected chi connectivity index (χ3v) is 4.50. The molecule has 0 saturated heterocycles. The van der Waals surface area contributed by atoms with E-state index in [0.717, 1.165) is 18.2 Å². The van der Waals surface area contributed by atoms with Crippen molar-refractivity contribution >= 4 is 10.0 Å². The van der Waals surface area contributed by atoms with Crippen LogP contribution in [0.4, 0.5) is 17.6 Å². The second-order valence-electron chi connectivity index (χ2n) is 4.37. The number of hydrogen-bond donors (Lipinski definition) is 1. The number of alkyl halides is 3. The monoisotopic (exact) mass is 329 g/mol. The van der Waals surface area contributed by atoms with E-state index in [2.05, 4.69) is 0 Å². The van der Waals surface area contributed by atoms with Gasteiger partial charge >= 0.3 is 6.18 Å². The van der Waals surface area contributed by atoms with Gasteiger partial charge in [0, 0.05) is 12.1 Å². The van der Waals surface area contributed by atoms with E-state index in [0.29, 0.717) is 4.31 Å². The predicted octanol–water partition coefficient (Wildman–Crippen LogP) is 2.28. The molecular weight excluding hydrogens is 314 g/mol. The van der Waals surface area contributed by atoms with E-state index in [1.165, 1.54) is 0 Å². The summed E-state index contributed by atoms with van der Waals surface area (Å²) in [4.78, 5) is -0.481. The van der Waals surface area contributed by atoms with E-state index >= 15 is 0 Å². The molecule has 0 unspecified atom stereocenters. The fraction of sp³-hybridized carbons (Fsp3) is 0.500. The van der Waals surface area contributed by atoms with E-state index in [4.69, 9.17) is 5.11 Å². The van der Waals surface area contributed by atoms with Gasteiger partial charge in [0.25, 0.3) is 0 Å². The van der Waals surface area contributed by atoms with Crippen molar-refractivity contribution in [3.8, 4) is 0 Å². The third kappa shape index (κ3) is 4.65. The minimum Gasteiger partial charge on any atom is -0.392 e. The number of benzene rings is 1. The van der Waals surface area contributed by atoms with Crippen molar-refractivity contribution in [1.82, 2.24) is 4.31 Å². The quantitative estimate of drug-likeness (QED) is 0.815. The number of nitrogens with zero attached hydrogens (tertiary/aromatic N) is 1. The van der Waals surface area contributed by atoms with Gasteiger partial charge < -0.3 is 5.11 Å². The van der Waals surface area contributed by atoms with Gasteiger partial charge in [0.05, 0.1) is 11.5 Å². The normalized spacial score (nSPS) is 12.9. The summed E-state index contributed by atoms with van der Waals surface area (Å²) in [5.74, 6) is -0.825. The molecule has 1 rings (SSSR count). The van der Waals surface area contributed by atoms with Crippen molar-refractivity contribution in [3.05, 3.63) is 29.6 Å². The van der Waals surface area contributed by atoms with Gasteiger partial charge in [-0.05, 0) is 24.6 Å². The Morgan fingerprint density at radius 1 is 1.29 bits per heavy atom. The highest BCUT2D eigenvalue weighted by Gasteiger charge is 2.36. The molecule has 21 heavy (non-hydrogen) atoms. The summed E-state index contributed by atoms with van der Waals surface area (Å²) >= 11 is 0. The molecule has 0 radical (unpaired) electrons. The van der Waals surface area contributed by atoms with Gasteiger partial charge in [-0.3, -0.25) is 0 Å². The molecule has 1 aromatic rings. The molecule has 0 bridgehead atoms. The van der Waals surface area contributed by atoms with Crippen LogP contribution in [0.25, 0.3) is 0 Å². The van der Waals surface area contributed by atoms with Crippen LogP contribution >= 0.6 is 0 Å². The van der Waals surface area contributed by atoms with E-state index in [9.17, 15) is 26.0 Å². The summed E-state index contributed by atoms with van der Waals surface area (Å²) in [7, 11) is -4.41. The maximum Gasteiger partial charge on any atom is 0.402 e. The Morgan fingerprint density at radius 2 is 1.90 bits per heavy atom. The van der Waals surface area contributed by atoms with E-state index in [1.807, 2.05) is 0 Å². The zero-order valence-corrected chi connectivity index (χ0v) is 12.0. The fourth-order valence-corrected chi connectivity index (χ4v) is 3.28. The molecule has 0 atom stereocenters. The summed E-state index contributed by atoms with van der Waals surface area (Å²) in [5.41, 5.74) is -0.292. The van der Waals surface area contributed by atoms with Gasteiger partial charge in [-0.2, -0.15) is 17.5 Å². The first kappa shape index (κ1) is 17.9. The molecule has 1 aromatic carbocycles. The molecule has 9 heteroatoms. The smallest absolute Gasteiger partial charge is 0.392 e. The summed E-state index contributed by atoms with van der Waals surface area (Å²) in [6.45, 7) is -1.13. The van der Waals surface area contributed by atoms with E-state index < -0.39 is 40.1 Å². The average molecular weight is 329 g/mol. The van der Waals surface area contributed by atoms with Gasteiger partial charge in [0.15, 0.2) is 0 Å². The molecule has 1 N–H and O–H groups in total. The lowest BCUT2D eigenvalue weighted by atomic mass is 10.2. The molecule has 4 nitrogen and oxygen atoms in total. The largest absolute Gasteiger partial charge is 0.402 e. The zero-order chi connectivity index (χ0) is 16.3. The molecule has 0 saturated carbocycles. The first-order chi connectivity index (χ1) is 9.61. The van der Waals surface area contributed by atoms with Gasteiger partial charge in [0.1, 0.15) is 12.4 Å². The average Bonchev–Trinajstić information content (AvgIpc) is 2.37. The molecule has 0 aliphatic heterocycles. The standard InChI is InChI=1S/C12H15F4NO3S/c1-2-5-17(8-12(14,15)16)21(19,20)10-3-4-11(13)9(6-10)7-18/h3-4,6,18H,2,5,7-8H2,1H3. The minimum atomic E-state index is -4.68. The molecular formula is C12H15F4NO3S. The maximum absolute atomic E-state index is 13.2. The van der Waals surface area contributed by atoms with Crippen LogP contribution in [0, 0.1) is 5.82 Å². The van der Waals surface area contributed by atoms with Crippen LogP contribution < -0.4 is 0 Å². The molecule has 120 valence electrons. The van der Waals surface area contributed by atoms with Gasteiger partial charge in [-0.15, -0.1) is 0 Å². The molecule has 0 aliphatic carbocycles. The Balaban J connectivity index is 3.22. The number of sulfonamides is 1. The minimum absolute atomic E-state index is 0.198. The lowest BCUT2D eigenvalue weighted by Gasteiger charge is -2.23. The maximum atomic E-state index is 13.2. The van der Waals surface area contributed by atoms with E-state index in [-0.39, 0.29) is 18.5 Å².